The average Bonchev–Trinajstić information content (AvgIpc) is 2.87. The van der Waals surface area contributed by atoms with Gasteiger partial charge in [0, 0.05) is 25.6 Å². The van der Waals surface area contributed by atoms with Crippen molar-refractivity contribution in [3.8, 4) is 11.5 Å². The van der Waals surface area contributed by atoms with E-state index < -0.39 is 28.5 Å². The van der Waals surface area contributed by atoms with Crippen molar-refractivity contribution in [3.63, 3.8) is 0 Å². The zero-order valence-corrected chi connectivity index (χ0v) is 19.9. The second-order valence-corrected chi connectivity index (χ2v) is 9.37. The maximum Gasteiger partial charge on any atom is 0.306 e. The van der Waals surface area contributed by atoms with E-state index in [9.17, 15) is 18.0 Å². The quantitative estimate of drug-likeness (QED) is 0.499. The number of esters is 1. The van der Waals surface area contributed by atoms with E-state index in [0.717, 1.165) is 5.56 Å². The summed E-state index contributed by atoms with van der Waals surface area (Å²) in [4.78, 5) is 24.4. The van der Waals surface area contributed by atoms with Gasteiger partial charge in [0.15, 0.2) is 6.61 Å². The third-order valence-corrected chi connectivity index (χ3v) is 7.11. The molecule has 0 radical (unpaired) electrons. The Kier molecular flexibility index (Phi) is 8.85. The molecular formula is C23H28N2O8S. The molecule has 1 saturated heterocycles. The predicted molar refractivity (Wildman–Crippen MR) is 123 cm³/mol. The number of carbonyl (C=O) groups is 2. The molecule has 1 amide bonds. The second-order valence-electron chi connectivity index (χ2n) is 7.44. The Morgan fingerprint density at radius 3 is 2.38 bits per heavy atom. The molecule has 0 aliphatic carbocycles. The van der Waals surface area contributed by atoms with Crippen LogP contribution in [0.5, 0.6) is 11.5 Å². The van der Waals surface area contributed by atoms with Crippen LogP contribution in [0.3, 0.4) is 0 Å². The van der Waals surface area contributed by atoms with Crippen molar-refractivity contribution in [1.82, 2.24) is 4.31 Å². The topological polar surface area (TPSA) is 120 Å². The van der Waals surface area contributed by atoms with Gasteiger partial charge in [-0.25, -0.2) is 8.42 Å². The summed E-state index contributed by atoms with van der Waals surface area (Å²) in [5, 5.41) is 2.62. The highest BCUT2D eigenvalue weighted by molar-refractivity contribution is 7.89. The fourth-order valence-corrected chi connectivity index (χ4v) is 4.73. The molecule has 184 valence electrons. The lowest BCUT2D eigenvalue weighted by molar-refractivity contribution is -0.147. The van der Waals surface area contributed by atoms with Crippen molar-refractivity contribution in [1.29, 1.82) is 0 Å². The lowest BCUT2D eigenvalue weighted by Gasteiger charge is -2.26. The largest absolute Gasteiger partial charge is 0.497 e. The first-order valence-electron chi connectivity index (χ1n) is 10.7. The van der Waals surface area contributed by atoms with Crippen LogP contribution in [0, 0.1) is 0 Å². The number of ether oxygens (including phenoxy) is 4. The Morgan fingerprint density at radius 2 is 1.74 bits per heavy atom. The summed E-state index contributed by atoms with van der Waals surface area (Å²) in [6, 6.07) is 11.3. The molecule has 3 rings (SSSR count). The molecule has 1 aliphatic rings. The zero-order chi connectivity index (χ0) is 24.6. The molecule has 1 heterocycles. The summed E-state index contributed by atoms with van der Waals surface area (Å²) >= 11 is 0. The molecule has 11 heteroatoms. The highest BCUT2D eigenvalue weighted by Crippen LogP contribution is 2.28. The van der Waals surface area contributed by atoms with Crippen LogP contribution >= 0.6 is 0 Å². The van der Waals surface area contributed by atoms with Gasteiger partial charge in [-0.15, -0.1) is 0 Å². The van der Waals surface area contributed by atoms with Crippen molar-refractivity contribution in [3.05, 3.63) is 48.0 Å². The first-order chi connectivity index (χ1) is 16.3. The zero-order valence-electron chi connectivity index (χ0n) is 19.1. The van der Waals surface area contributed by atoms with Gasteiger partial charge in [-0.1, -0.05) is 12.1 Å². The van der Waals surface area contributed by atoms with Gasteiger partial charge in [0.25, 0.3) is 5.91 Å². The molecule has 1 fully saturated rings. The van der Waals surface area contributed by atoms with Crippen LogP contribution in [0.1, 0.15) is 12.0 Å². The second kappa shape index (κ2) is 11.8. The molecule has 34 heavy (non-hydrogen) atoms. The first kappa shape index (κ1) is 25.5. The van der Waals surface area contributed by atoms with Crippen LogP contribution in [-0.4, -0.2) is 71.7 Å². The maximum absolute atomic E-state index is 12.7. The van der Waals surface area contributed by atoms with Crippen molar-refractivity contribution < 1.29 is 37.0 Å². The van der Waals surface area contributed by atoms with E-state index in [1.165, 1.54) is 30.7 Å². The molecule has 2 aromatic carbocycles. The number of hydrogen-bond acceptors (Lipinski definition) is 8. The fourth-order valence-electron chi connectivity index (χ4n) is 3.33. The average molecular weight is 493 g/mol. The summed E-state index contributed by atoms with van der Waals surface area (Å²) in [7, 11) is -0.583. The van der Waals surface area contributed by atoms with E-state index >= 15 is 0 Å². The number of carbonyl (C=O) groups excluding carboxylic acids is 2. The van der Waals surface area contributed by atoms with Crippen LogP contribution in [0.4, 0.5) is 5.69 Å². The van der Waals surface area contributed by atoms with Gasteiger partial charge >= 0.3 is 5.97 Å². The van der Waals surface area contributed by atoms with Gasteiger partial charge in [-0.3, -0.25) is 9.59 Å². The van der Waals surface area contributed by atoms with E-state index in [0.29, 0.717) is 49.9 Å². The number of amides is 1. The normalized spacial score (nSPS) is 14.3. The molecule has 0 atom stereocenters. The van der Waals surface area contributed by atoms with Crippen LogP contribution in [-0.2, 0) is 35.5 Å². The molecule has 0 aromatic heterocycles. The van der Waals surface area contributed by atoms with Crippen molar-refractivity contribution in [2.45, 2.75) is 17.7 Å². The number of nitrogens with zero attached hydrogens (tertiary/aromatic N) is 1. The van der Waals surface area contributed by atoms with Crippen molar-refractivity contribution in [2.24, 2.45) is 0 Å². The number of morpholine rings is 1. The number of methoxy groups -OCH3 is 2. The van der Waals surface area contributed by atoms with E-state index in [2.05, 4.69) is 5.32 Å². The van der Waals surface area contributed by atoms with E-state index in [4.69, 9.17) is 18.9 Å². The molecule has 10 nitrogen and oxygen atoms in total. The minimum atomic E-state index is -3.56. The highest BCUT2D eigenvalue weighted by Gasteiger charge is 2.26. The maximum atomic E-state index is 12.7. The number of aryl methyl sites for hydroxylation is 1. The number of sulfonamides is 1. The standard InChI is InChI=1S/C23H28N2O8S/c1-30-18-6-9-21(31-2)20(15-18)24-22(26)16-33-23(27)10-5-17-3-7-19(8-4-17)34(28,29)25-11-13-32-14-12-25/h3-4,6-9,15H,5,10-14,16H2,1-2H3,(H,24,26). The minimum Gasteiger partial charge on any atom is -0.497 e. The molecule has 0 unspecified atom stereocenters. The Hall–Kier alpha value is -3.15. The van der Waals surface area contributed by atoms with Crippen LogP contribution in [0.25, 0.3) is 0 Å². The molecular weight excluding hydrogens is 464 g/mol. The lowest BCUT2D eigenvalue weighted by atomic mass is 10.1. The smallest absolute Gasteiger partial charge is 0.306 e. The molecule has 0 bridgehead atoms. The minimum absolute atomic E-state index is 0.0469. The van der Waals surface area contributed by atoms with Crippen LogP contribution in [0.2, 0.25) is 0 Å². The Labute approximate surface area is 198 Å². The summed E-state index contributed by atoms with van der Waals surface area (Å²) in [6.07, 6.45) is 0.396. The SMILES string of the molecule is COc1ccc(OC)c(NC(=O)COC(=O)CCc2ccc(S(=O)(=O)N3CCOCC3)cc2)c1. The van der Waals surface area contributed by atoms with E-state index in [1.54, 1.807) is 30.3 Å². The van der Waals surface area contributed by atoms with Gasteiger partial charge < -0.3 is 24.3 Å². The molecule has 1 aliphatic heterocycles. The van der Waals surface area contributed by atoms with Gasteiger partial charge in [0.1, 0.15) is 11.5 Å². The molecule has 0 spiro atoms. The third kappa shape index (κ3) is 6.69. The molecule has 1 N–H and O–H groups in total. The first-order valence-corrected chi connectivity index (χ1v) is 12.1. The van der Waals surface area contributed by atoms with Crippen LogP contribution < -0.4 is 14.8 Å². The van der Waals surface area contributed by atoms with Crippen molar-refractivity contribution >= 4 is 27.6 Å². The van der Waals surface area contributed by atoms with Gasteiger partial charge in [-0.05, 0) is 36.2 Å². The Balaban J connectivity index is 1.46. The Bertz CT molecular complexity index is 1100. The van der Waals surface area contributed by atoms with Crippen LogP contribution in [0.15, 0.2) is 47.4 Å². The molecule has 0 saturated carbocycles. The van der Waals surface area contributed by atoms with E-state index in [-0.39, 0.29) is 11.3 Å². The summed E-state index contributed by atoms with van der Waals surface area (Å²) in [5.41, 5.74) is 1.18. The predicted octanol–water partition coefficient (Wildman–Crippen LogP) is 1.84. The number of rotatable bonds is 10. The molecule has 2 aromatic rings. The number of benzene rings is 2. The lowest BCUT2D eigenvalue weighted by Crippen LogP contribution is -2.40. The Morgan fingerprint density at radius 1 is 1.03 bits per heavy atom. The monoisotopic (exact) mass is 492 g/mol. The summed E-state index contributed by atoms with van der Waals surface area (Å²) in [5.74, 6) is -0.0771. The van der Waals surface area contributed by atoms with Gasteiger partial charge in [0.2, 0.25) is 10.0 Å². The van der Waals surface area contributed by atoms with Crippen molar-refractivity contribution in [2.75, 3.05) is 52.4 Å². The fraction of sp³-hybridized carbons (Fsp3) is 0.391. The van der Waals surface area contributed by atoms with E-state index in [1.807, 2.05) is 0 Å². The number of hydrogen-bond donors (Lipinski definition) is 1. The summed E-state index contributed by atoms with van der Waals surface area (Å²) < 4.78 is 47.3. The highest BCUT2D eigenvalue weighted by atomic mass is 32.2. The van der Waals surface area contributed by atoms with Gasteiger partial charge in [0.05, 0.1) is 38.0 Å². The number of nitrogens with one attached hydrogen (secondary N) is 1. The van der Waals surface area contributed by atoms with Gasteiger partial charge in [-0.2, -0.15) is 4.31 Å². The summed E-state index contributed by atoms with van der Waals surface area (Å²) in [6.45, 7) is 0.965. The number of anilines is 1. The third-order valence-electron chi connectivity index (χ3n) is 5.19.